The van der Waals surface area contributed by atoms with Crippen molar-refractivity contribution in [3.63, 3.8) is 0 Å². The number of halogens is 1. The topological polar surface area (TPSA) is 59.8 Å². The van der Waals surface area contributed by atoms with E-state index in [0.29, 0.717) is 16.7 Å². The Labute approximate surface area is 132 Å². The predicted octanol–water partition coefficient (Wildman–Crippen LogP) is 2.89. The minimum absolute atomic E-state index is 0.0219. The van der Waals surface area contributed by atoms with Crippen LogP contribution in [0.2, 0.25) is 0 Å². The predicted molar refractivity (Wildman–Crippen MR) is 84.9 cm³/mol. The van der Waals surface area contributed by atoms with Crippen molar-refractivity contribution in [2.24, 2.45) is 5.41 Å². The molecule has 0 aliphatic heterocycles. The largest absolute Gasteiger partial charge is 0.347 e. The van der Waals surface area contributed by atoms with Gasteiger partial charge in [0.1, 0.15) is 4.60 Å². The van der Waals surface area contributed by atoms with E-state index >= 15 is 0 Å². The van der Waals surface area contributed by atoms with E-state index in [1.165, 1.54) is 0 Å². The molecule has 112 valence electrons. The van der Waals surface area contributed by atoms with Crippen molar-refractivity contribution in [3.05, 3.63) is 47.2 Å². The average molecular weight is 351 g/mol. The lowest BCUT2D eigenvalue weighted by molar-refractivity contribution is 0.0891. The monoisotopic (exact) mass is 350 g/mol. The number of nitrogens with one attached hydrogen (secondary N) is 1. The highest BCUT2D eigenvalue weighted by molar-refractivity contribution is 9.10. The third kappa shape index (κ3) is 4.14. The number of pyridine rings is 1. The number of nitrogens with zero attached hydrogens (tertiary/aromatic N) is 3. The molecule has 1 atom stereocenters. The van der Waals surface area contributed by atoms with E-state index < -0.39 is 0 Å². The summed E-state index contributed by atoms with van der Waals surface area (Å²) < 4.78 is 2.52. The Kier molecular flexibility index (Phi) is 4.77. The molecule has 5 nitrogen and oxygen atoms in total. The van der Waals surface area contributed by atoms with Crippen molar-refractivity contribution >= 4 is 21.8 Å². The van der Waals surface area contributed by atoms with Gasteiger partial charge in [-0.15, -0.1) is 0 Å². The van der Waals surface area contributed by atoms with E-state index in [9.17, 15) is 4.79 Å². The summed E-state index contributed by atoms with van der Waals surface area (Å²) in [5, 5.41) is 3.09. The van der Waals surface area contributed by atoms with Crippen LogP contribution in [0.5, 0.6) is 0 Å². The third-order valence-electron chi connectivity index (χ3n) is 3.31. The number of rotatable bonds is 4. The first-order valence-corrected chi connectivity index (χ1v) is 7.54. The van der Waals surface area contributed by atoms with Crippen molar-refractivity contribution in [1.29, 1.82) is 0 Å². The molecule has 1 amide bonds. The van der Waals surface area contributed by atoms with E-state index in [1.807, 2.05) is 10.8 Å². The lowest BCUT2D eigenvalue weighted by Gasteiger charge is -2.31. The third-order valence-corrected chi connectivity index (χ3v) is 3.94. The van der Waals surface area contributed by atoms with Crippen LogP contribution < -0.4 is 5.32 Å². The molecule has 0 aliphatic rings. The van der Waals surface area contributed by atoms with Crippen LogP contribution in [0.25, 0.3) is 0 Å². The molecule has 21 heavy (non-hydrogen) atoms. The normalized spacial score (nSPS) is 13.0. The van der Waals surface area contributed by atoms with Crippen LogP contribution in [0.1, 0.15) is 31.1 Å². The van der Waals surface area contributed by atoms with Crippen molar-refractivity contribution < 1.29 is 4.79 Å². The molecular formula is C15H19BrN4O. The summed E-state index contributed by atoms with van der Waals surface area (Å²) in [4.78, 5) is 20.6. The van der Waals surface area contributed by atoms with Crippen LogP contribution in [0, 0.1) is 5.41 Å². The first kappa shape index (κ1) is 15.7. The summed E-state index contributed by atoms with van der Waals surface area (Å²) in [6.07, 6.45) is 7.03. The number of carbonyl (C=O) groups excluding carboxylic acids is 1. The molecule has 2 aromatic rings. The molecule has 0 saturated carbocycles. The van der Waals surface area contributed by atoms with Gasteiger partial charge in [-0.05, 0) is 33.5 Å². The lowest BCUT2D eigenvalue weighted by atomic mass is 9.86. The molecule has 0 fully saturated rings. The van der Waals surface area contributed by atoms with Crippen LogP contribution in [0.4, 0.5) is 0 Å². The molecule has 2 heterocycles. The number of aromatic nitrogens is 3. The minimum atomic E-state index is -0.130. The van der Waals surface area contributed by atoms with Crippen LogP contribution in [0.3, 0.4) is 0 Å². The van der Waals surface area contributed by atoms with E-state index in [4.69, 9.17) is 0 Å². The van der Waals surface area contributed by atoms with E-state index in [0.717, 1.165) is 0 Å². The second-order valence-electron chi connectivity index (χ2n) is 5.99. The fraction of sp³-hybridized carbons (Fsp3) is 0.400. The van der Waals surface area contributed by atoms with Crippen LogP contribution in [-0.2, 0) is 6.54 Å². The van der Waals surface area contributed by atoms with Crippen molar-refractivity contribution in [2.75, 3.05) is 0 Å². The first-order valence-electron chi connectivity index (χ1n) is 6.75. The highest BCUT2D eigenvalue weighted by atomic mass is 79.9. The summed E-state index contributed by atoms with van der Waals surface area (Å²) in [6, 6.07) is 3.48. The molecule has 0 aliphatic carbocycles. The summed E-state index contributed by atoms with van der Waals surface area (Å²) in [5.41, 5.74) is 0.464. The SMILES string of the molecule is CC(C)(C)C(Cn1ccnc1)NC(=O)c1cccnc1Br. The molecule has 0 spiro atoms. The Morgan fingerprint density at radius 2 is 2.19 bits per heavy atom. The molecule has 2 rings (SSSR count). The molecule has 0 saturated heterocycles. The Morgan fingerprint density at radius 1 is 1.43 bits per heavy atom. The molecule has 0 aromatic carbocycles. The minimum Gasteiger partial charge on any atom is -0.347 e. The van der Waals surface area contributed by atoms with Crippen LogP contribution in [-0.4, -0.2) is 26.5 Å². The van der Waals surface area contributed by atoms with E-state index in [-0.39, 0.29) is 17.4 Å². The van der Waals surface area contributed by atoms with Gasteiger partial charge in [-0.2, -0.15) is 0 Å². The number of hydrogen-bond donors (Lipinski definition) is 1. The first-order chi connectivity index (χ1) is 9.88. The molecule has 6 heteroatoms. The Hall–Kier alpha value is -1.69. The summed E-state index contributed by atoms with van der Waals surface area (Å²) in [5.74, 6) is -0.130. The van der Waals surface area contributed by atoms with Gasteiger partial charge in [0.25, 0.3) is 5.91 Å². The second kappa shape index (κ2) is 6.39. The molecule has 1 N–H and O–H groups in total. The Morgan fingerprint density at radius 3 is 2.76 bits per heavy atom. The molecule has 2 aromatic heterocycles. The average Bonchev–Trinajstić information content (AvgIpc) is 2.90. The number of imidazole rings is 1. The molecule has 0 bridgehead atoms. The van der Waals surface area contributed by atoms with Gasteiger partial charge in [0.15, 0.2) is 0 Å². The summed E-state index contributed by atoms with van der Waals surface area (Å²) in [6.45, 7) is 6.99. The summed E-state index contributed by atoms with van der Waals surface area (Å²) in [7, 11) is 0. The van der Waals surface area contributed by atoms with Gasteiger partial charge in [-0.25, -0.2) is 9.97 Å². The van der Waals surface area contributed by atoms with E-state index in [1.54, 1.807) is 30.9 Å². The van der Waals surface area contributed by atoms with Gasteiger partial charge in [0, 0.05) is 25.1 Å². The van der Waals surface area contributed by atoms with Crippen molar-refractivity contribution in [3.8, 4) is 0 Å². The highest BCUT2D eigenvalue weighted by Crippen LogP contribution is 2.22. The standard InChI is InChI=1S/C15H19BrN4O/c1-15(2,3)12(9-20-8-7-17-10-20)19-14(21)11-5-4-6-18-13(11)16/h4-8,10,12H,9H2,1-3H3,(H,19,21). The molecule has 1 unspecified atom stereocenters. The Bertz CT molecular complexity index is 604. The molecule has 0 radical (unpaired) electrons. The van der Waals surface area contributed by atoms with Crippen molar-refractivity contribution in [2.45, 2.75) is 33.4 Å². The zero-order chi connectivity index (χ0) is 15.5. The second-order valence-corrected chi connectivity index (χ2v) is 6.74. The number of amides is 1. The smallest absolute Gasteiger partial charge is 0.254 e. The fourth-order valence-corrected chi connectivity index (χ4v) is 2.36. The molecular weight excluding hydrogens is 332 g/mol. The Balaban J connectivity index is 2.16. The quantitative estimate of drug-likeness (QED) is 0.862. The van der Waals surface area contributed by atoms with Gasteiger partial charge in [-0.1, -0.05) is 20.8 Å². The van der Waals surface area contributed by atoms with E-state index in [2.05, 4.69) is 52.0 Å². The van der Waals surface area contributed by atoms with Gasteiger partial charge in [0.05, 0.1) is 17.9 Å². The van der Waals surface area contributed by atoms with Crippen LogP contribution in [0.15, 0.2) is 41.7 Å². The highest BCUT2D eigenvalue weighted by Gasteiger charge is 2.27. The van der Waals surface area contributed by atoms with Gasteiger partial charge < -0.3 is 9.88 Å². The maximum absolute atomic E-state index is 12.4. The summed E-state index contributed by atoms with van der Waals surface area (Å²) >= 11 is 3.31. The van der Waals surface area contributed by atoms with Gasteiger partial charge in [0.2, 0.25) is 0 Å². The lowest BCUT2D eigenvalue weighted by Crippen LogP contribution is -2.46. The van der Waals surface area contributed by atoms with Gasteiger partial charge >= 0.3 is 0 Å². The number of carbonyl (C=O) groups is 1. The zero-order valence-electron chi connectivity index (χ0n) is 12.4. The van der Waals surface area contributed by atoms with Gasteiger partial charge in [-0.3, -0.25) is 4.79 Å². The zero-order valence-corrected chi connectivity index (χ0v) is 14.0. The van der Waals surface area contributed by atoms with Crippen LogP contribution >= 0.6 is 15.9 Å². The maximum atomic E-state index is 12.4. The van der Waals surface area contributed by atoms with Crippen molar-refractivity contribution in [1.82, 2.24) is 19.9 Å². The number of hydrogen-bond acceptors (Lipinski definition) is 3. The maximum Gasteiger partial charge on any atom is 0.254 e. The fourth-order valence-electron chi connectivity index (χ4n) is 1.93.